The molecule has 1 N–H and O–H groups in total. The number of hydrogen-bond acceptors (Lipinski definition) is 2. The highest BCUT2D eigenvalue weighted by Gasteiger charge is 2.40. The van der Waals surface area contributed by atoms with E-state index in [1.54, 1.807) is 0 Å². The van der Waals surface area contributed by atoms with Crippen LogP contribution >= 0.6 is 11.6 Å². The van der Waals surface area contributed by atoms with Crippen LogP contribution in [0.15, 0.2) is 18.2 Å². The summed E-state index contributed by atoms with van der Waals surface area (Å²) in [6.07, 6.45) is 6.91. The Labute approximate surface area is 150 Å². The summed E-state index contributed by atoms with van der Waals surface area (Å²) < 4.78 is 0. The number of carboxylic acid groups (broad SMARTS) is 1. The van der Waals surface area contributed by atoms with Gasteiger partial charge in [-0.25, -0.2) is 0 Å². The van der Waals surface area contributed by atoms with E-state index in [1.807, 2.05) is 13.0 Å². The van der Waals surface area contributed by atoms with E-state index >= 15 is 0 Å². The van der Waals surface area contributed by atoms with Gasteiger partial charge in [0, 0.05) is 13.1 Å². The van der Waals surface area contributed by atoms with Crippen molar-refractivity contribution in [1.82, 2.24) is 0 Å². The zero-order valence-electron chi connectivity index (χ0n) is 14.7. The van der Waals surface area contributed by atoms with E-state index in [1.165, 1.54) is 36.9 Å². The molecule has 1 aromatic carbocycles. The van der Waals surface area contributed by atoms with Crippen molar-refractivity contribution in [3.05, 3.63) is 28.8 Å². The van der Waals surface area contributed by atoms with E-state index in [0.717, 1.165) is 31.0 Å². The van der Waals surface area contributed by atoms with Crippen molar-refractivity contribution in [2.24, 2.45) is 17.3 Å². The van der Waals surface area contributed by atoms with Crippen molar-refractivity contribution >= 4 is 23.3 Å². The number of rotatable bonds is 3. The fourth-order valence-electron chi connectivity index (χ4n) is 4.54. The summed E-state index contributed by atoms with van der Waals surface area (Å²) in [4.78, 5) is 13.6. The van der Waals surface area contributed by atoms with Gasteiger partial charge in [-0.1, -0.05) is 24.6 Å². The number of nitrogens with zero attached hydrogens (tertiary/aromatic N) is 1. The standard InChI is InChI=1S/C20H28ClNO2/c1-14-3-4-17(21)18(13-14)22-11-9-20(10-12-22)7-5-16(6-8-20)15(2)19(23)24/h3-4,13,15-16H,5-12H2,1-2H3,(H,23,24). The highest BCUT2D eigenvalue weighted by molar-refractivity contribution is 6.33. The van der Waals surface area contributed by atoms with Crippen LogP contribution < -0.4 is 4.90 Å². The molecule has 1 unspecified atom stereocenters. The number of aryl methyl sites for hydroxylation is 1. The molecule has 1 aliphatic heterocycles. The average Bonchev–Trinajstić information content (AvgIpc) is 2.58. The fraction of sp³-hybridized carbons (Fsp3) is 0.650. The van der Waals surface area contributed by atoms with Gasteiger partial charge in [-0.05, 0) is 74.5 Å². The SMILES string of the molecule is Cc1ccc(Cl)c(N2CCC3(CCC(C(C)C(=O)O)CC3)CC2)c1. The van der Waals surface area contributed by atoms with Crippen LogP contribution in [0.2, 0.25) is 5.02 Å². The Balaban J connectivity index is 1.59. The summed E-state index contributed by atoms with van der Waals surface area (Å²) in [6, 6.07) is 6.24. The maximum atomic E-state index is 11.2. The van der Waals surface area contributed by atoms with E-state index < -0.39 is 5.97 Å². The van der Waals surface area contributed by atoms with Gasteiger partial charge in [0.1, 0.15) is 0 Å². The quantitative estimate of drug-likeness (QED) is 0.820. The normalized spacial score (nSPS) is 22.5. The molecule has 24 heavy (non-hydrogen) atoms. The van der Waals surface area contributed by atoms with E-state index in [9.17, 15) is 9.90 Å². The lowest BCUT2D eigenvalue weighted by Gasteiger charge is -2.47. The highest BCUT2D eigenvalue weighted by atomic mass is 35.5. The number of piperidine rings is 1. The fourth-order valence-corrected chi connectivity index (χ4v) is 4.78. The minimum atomic E-state index is -0.639. The zero-order chi connectivity index (χ0) is 17.3. The van der Waals surface area contributed by atoms with E-state index in [0.29, 0.717) is 11.3 Å². The first-order valence-corrected chi connectivity index (χ1v) is 9.52. The molecule has 2 aliphatic rings. The summed E-state index contributed by atoms with van der Waals surface area (Å²) in [7, 11) is 0. The number of hydrogen-bond donors (Lipinski definition) is 1. The Bertz CT molecular complexity index is 598. The number of benzene rings is 1. The molecule has 1 aliphatic carbocycles. The molecule has 1 spiro atoms. The maximum Gasteiger partial charge on any atom is 0.306 e. The molecule has 2 fully saturated rings. The lowest BCUT2D eigenvalue weighted by molar-refractivity contribution is -0.143. The van der Waals surface area contributed by atoms with Gasteiger partial charge in [0.05, 0.1) is 16.6 Å². The monoisotopic (exact) mass is 349 g/mol. The molecule has 1 atom stereocenters. The molecule has 1 saturated heterocycles. The van der Waals surface area contributed by atoms with Crippen molar-refractivity contribution in [3.8, 4) is 0 Å². The molecule has 0 bridgehead atoms. The van der Waals surface area contributed by atoms with Crippen LogP contribution in [0.5, 0.6) is 0 Å². The molecule has 3 rings (SSSR count). The third kappa shape index (κ3) is 3.56. The Morgan fingerprint density at radius 1 is 1.25 bits per heavy atom. The zero-order valence-corrected chi connectivity index (χ0v) is 15.5. The Hall–Kier alpha value is -1.22. The summed E-state index contributed by atoms with van der Waals surface area (Å²) in [6.45, 7) is 6.09. The predicted molar refractivity (Wildman–Crippen MR) is 98.8 cm³/mol. The lowest BCUT2D eigenvalue weighted by atomic mass is 9.63. The van der Waals surface area contributed by atoms with Crippen LogP contribution in [0.1, 0.15) is 51.0 Å². The molecule has 132 valence electrons. The second kappa shape index (κ2) is 6.95. The molecular formula is C20H28ClNO2. The number of anilines is 1. The van der Waals surface area contributed by atoms with Crippen LogP contribution in [0.3, 0.4) is 0 Å². The van der Waals surface area contributed by atoms with E-state index in [4.69, 9.17) is 11.6 Å². The van der Waals surface area contributed by atoms with Crippen LogP contribution in [-0.4, -0.2) is 24.2 Å². The lowest BCUT2D eigenvalue weighted by Crippen LogP contribution is -2.43. The minimum absolute atomic E-state index is 0.200. The molecule has 1 aromatic rings. The van der Waals surface area contributed by atoms with Crippen molar-refractivity contribution in [2.45, 2.75) is 52.4 Å². The average molecular weight is 350 g/mol. The second-order valence-corrected chi connectivity index (χ2v) is 8.31. The molecule has 4 heteroatoms. The number of halogens is 1. The van der Waals surface area contributed by atoms with Crippen LogP contribution in [-0.2, 0) is 4.79 Å². The van der Waals surface area contributed by atoms with Crippen molar-refractivity contribution in [1.29, 1.82) is 0 Å². The Kier molecular flexibility index (Phi) is 5.10. The van der Waals surface area contributed by atoms with Gasteiger partial charge in [-0.2, -0.15) is 0 Å². The van der Waals surface area contributed by atoms with Crippen molar-refractivity contribution in [3.63, 3.8) is 0 Å². The maximum absolute atomic E-state index is 11.2. The number of carbonyl (C=O) groups is 1. The van der Waals surface area contributed by atoms with Crippen molar-refractivity contribution < 1.29 is 9.90 Å². The highest BCUT2D eigenvalue weighted by Crippen LogP contribution is 2.48. The third-order valence-electron chi connectivity index (χ3n) is 6.45. The molecule has 0 amide bonds. The summed E-state index contributed by atoms with van der Waals surface area (Å²) >= 11 is 6.39. The minimum Gasteiger partial charge on any atom is -0.481 e. The third-order valence-corrected chi connectivity index (χ3v) is 6.77. The Morgan fingerprint density at radius 3 is 2.46 bits per heavy atom. The van der Waals surface area contributed by atoms with Crippen molar-refractivity contribution in [2.75, 3.05) is 18.0 Å². The molecular weight excluding hydrogens is 322 g/mol. The van der Waals surface area contributed by atoms with Crippen LogP contribution in [0, 0.1) is 24.2 Å². The first-order valence-electron chi connectivity index (χ1n) is 9.14. The first kappa shape index (κ1) is 17.6. The van der Waals surface area contributed by atoms with E-state index in [-0.39, 0.29) is 5.92 Å². The second-order valence-electron chi connectivity index (χ2n) is 7.91. The topological polar surface area (TPSA) is 40.5 Å². The van der Waals surface area contributed by atoms with E-state index in [2.05, 4.69) is 24.0 Å². The summed E-state index contributed by atoms with van der Waals surface area (Å²) in [5, 5.41) is 10.1. The van der Waals surface area contributed by atoms with Gasteiger partial charge < -0.3 is 10.0 Å². The van der Waals surface area contributed by atoms with Gasteiger partial charge in [0.15, 0.2) is 0 Å². The summed E-state index contributed by atoms with van der Waals surface area (Å²) in [5.41, 5.74) is 2.85. The van der Waals surface area contributed by atoms with Gasteiger partial charge >= 0.3 is 5.97 Å². The van der Waals surface area contributed by atoms with Crippen LogP contribution in [0.4, 0.5) is 5.69 Å². The summed E-state index contributed by atoms with van der Waals surface area (Å²) in [5.74, 6) is -0.481. The Morgan fingerprint density at radius 2 is 1.88 bits per heavy atom. The molecule has 1 heterocycles. The molecule has 3 nitrogen and oxygen atoms in total. The predicted octanol–water partition coefficient (Wildman–Crippen LogP) is 5.15. The first-order chi connectivity index (χ1) is 11.4. The van der Waals surface area contributed by atoms with Gasteiger partial charge in [-0.3, -0.25) is 4.79 Å². The molecule has 0 aromatic heterocycles. The number of carboxylic acids is 1. The molecule has 1 saturated carbocycles. The van der Waals surface area contributed by atoms with Gasteiger partial charge in [0.25, 0.3) is 0 Å². The molecule has 0 radical (unpaired) electrons. The number of aliphatic carboxylic acids is 1. The van der Waals surface area contributed by atoms with Crippen LogP contribution in [0.25, 0.3) is 0 Å². The van der Waals surface area contributed by atoms with Gasteiger partial charge in [-0.15, -0.1) is 0 Å². The smallest absolute Gasteiger partial charge is 0.306 e. The largest absolute Gasteiger partial charge is 0.481 e. The van der Waals surface area contributed by atoms with Gasteiger partial charge in [0.2, 0.25) is 0 Å².